The Hall–Kier alpha value is -2.48. The van der Waals surface area contributed by atoms with Crippen molar-refractivity contribution in [2.75, 3.05) is 11.4 Å². The highest BCUT2D eigenvalue weighted by atomic mass is 16.6. The summed E-state index contributed by atoms with van der Waals surface area (Å²) in [6.45, 7) is 2.16. The van der Waals surface area contributed by atoms with Crippen molar-refractivity contribution in [1.29, 1.82) is 0 Å². The second-order valence-electron chi connectivity index (χ2n) is 5.27. The predicted octanol–water partition coefficient (Wildman–Crippen LogP) is 0.554. The van der Waals surface area contributed by atoms with Gasteiger partial charge in [-0.25, -0.2) is 0 Å². The first-order chi connectivity index (χ1) is 10.4. The van der Waals surface area contributed by atoms with E-state index in [-0.39, 0.29) is 5.69 Å². The number of nitrogens with one attached hydrogen (secondary N) is 1. The maximum absolute atomic E-state index is 12.2. The van der Waals surface area contributed by atoms with E-state index in [2.05, 4.69) is 5.32 Å². The molecule has 2 atom stereocenters. The molecule has 0 bridgehead atoms. The van der Waals surface area contributed by atoms with E-state index in [0.717, 1.165) is 12.1 Å². The molecule has 1 fully saturated rings. The van der Waals surface area contributed by atoms with Gasteiger partial charge >= 0.3 is 0 Å². The fourth-order valence-corrected chi connectivity index (χ4v) is 2.43. The summed E-state index contributed by atoms with van der Waals surface area (Å²) in [5.41, 5.74) is 6.15. The van der Waals surface area contributed by atoms with E-state index in [0.29, 0.717) is 13.0 Å². The maximum Gasteiger partial charge on any atom is 0.269 e. The molecule has 8 heteroatoms. The normalized spacial score (nSPS) is 18.8. The number of nitro groups is 1. The summed E-state index contributed by atoms with van der Waals surface area (Å²) in [7, 11) is 0. The topological polar surface area (TPSA) is 119 Å². The second-order valence-corrected chi connectivity index (χ2v) is 5.27. The van der Waals surface area contributed by atoms with Gasteiger partial charge in [-0.15, -0.1) is 0 Å². The minimum atomic E-state index is -0.752. The van der Waals surface area contributed by atoms with Crippen LogP contribution in [0.5, 0.6) is 0 Å². The van der Waals surface area contributed by atoms with Crippen molar-refractivity contribution >= 4 is 23.2 Å². The Balaban J connectivity index is 2.11. The molecule has 1 aliphatic heterocycles. The maximum atomic E-state index is 12.2. The summed E-state index contributed by atoms with van der Waals surface area (Å²) in [6, 6.07) is 4.79. The van der Waals surface area contributed by atoms with Crippen LogP contribution in [0, 0.1) is 10.1 Å². The lowest BCUT2D eigenvalue weighted by Gasteiger charge is -2.25. The number of rotatable bonds is 4. The monoisotopic (exact) mass is 306 g/mol. The number of benzene rings is 1. The van der Waals surface area contributed by atoms with Gasteiger partial charge in [0.05, 0.1) is 11.0 Å². The number of nitro benzene ring substituents is 1. The first-order valence-corrected chi connectivity index (χ1v) is 7.01. The molecule has 3 N–H and O–H groups in total. The predicted molar refractivity (Wildman–Crippen MR) is 80.3 cm³/mol. The molecule has 1 aromatic carbocycles. The van der Waals surface area contributed by atoms with Gasteiger partial charge in [0.2, 0.25) is 11.8 Å². The molecule has 0 spiro atoms. The number of anilines is 1. The number of non-ortho nitro benzene ring substituents is 1. The van der Waals surface area contributed by atoms with Gasteiger partial charge in [0.25, 0.3) is 5.69 Å². The zero-order valence-corrected chi connectivity index (χ0v) is 12.2. The molecule has 0 unspecified atom stereocenters. The molecule has 0 aliphatic carbocycles. The van der Waals surface area contributed by atoms with Crippen molar-refractivity contribution in [3.63, 3.8) is 0 Å². The van der Waals surface area contributed by atoms with Gasteiger partial charge in [-0.3, -0.25) is 25.0 Å². The van der Waals surface area contributed by atoms with Crippen LogP contribution >= 0.6 is 0 Å². The Labute approximate surface area is 127 Å². The fraction of sp³-hybridized carbons (Fsp3) is 0.429. The molecule has 1 aromatic rings. The Morgan fingerprint density at radius 2 is 2.05 bits per heavy atom. The van der Waals surface area contributed by atoms with Crippen LogP contribution in [0.15, 0.2) is 24.3 Å². The fourth-order valence-electron chi connectivity index (χ4n) is 2.43. The molecule has 8 nitrogen and oxygen atoms in total. The SMILES string of the molecule is C[C@H](N)C(=O)NC(=O)[C@@H]1CCCN1c1ccc([N+](=O)[O-])cc1. The van der Waals surface area contributed by atoms with Crippen LogP contribution in [0.2, 0.25) is 0 Å². The summed E-state index contributed by atoms with van der Waals surface area (Å²) >= 11 is 0. The summed E-state index contributed by atoms with van der Waals surface area (Å²) in [4.78, 5) is 35.7. The van der Waals surface area contributed by atoms with Crippen LogP contribution < -0.4 is 16.0 Å². The molecule has 2 amide bonds. The molecule has 0 aromatic heterocycles. The summed E-state index contributed by atoms with van der Waals surface area (Å²) < 4.78 is 0. The van der Waals surface area contributed by atoms with Gasteiger partial charge in [-0.2, -0.15) is 0 Å². The van der Waals surface area contributed by atoms with E-state index in [4.69, 9.17) is 5.73 Å². The minimum Gasteiger partial charge on any atom is -0.360 e. The van der Waals surface area contributed by atoms with E-state index in [1.807, 2.05) is 4.90 Å². The van der Waals surface area contributed by atoms with Crippen LogP contribution in [0.4, 0.5) is 11.4 Å². The van der Waals surface area contributed by atoms with Crippen LogP contribution in [0.1, 0.15) is 19.8 Å². The van der Waals surface area contributed by atoms with E-state index in [9.17, 15) is 19.7 Å². The van der Waals surface area contributed by atoms with E-state index >= 15 is 0 Å². The average Bonchev–Trinajstić information content (AvgIpc) is 2.96. The lowest BCUT2D eigenvalue weighted by atomic mass is 10.2. The van der Waals surface area contributed by atoms with Crippen LogP contribution in [0.3, 0.4) is 0 Å². The van der Waals surface area contributed by atoms with Crippen molar-refractivity contribution < 1.29 is 14.5 Å². The Morgan fingerprint density at radius 3 is 2.59 bits per heavy atom. The van der Waals surface area contributed by atoms with Crippen molar-refractivity contribution in [3.8, 4) is 0 Å². The minimum absolute atomic E-state index is 0.00363. The van der Waals surface area contributed by atoms with Crippen molar-refractivity contribution in [3.05, 3.63) is 34.4 Å². The standard InChI is InChI=1S/C14H18N4O4/c1-9(15)13(19)16-14(20)12-3-2-8-17(12)10-4-6-11(7-5-10)18(21)22/h4-7,9,12H,2-3,8,15H2,1H3,(H,16,19,20)/t9-,12-/m0/s1. The Kier molecular flexibility index (Phi) is 4.71. The molecular weight excluding hydrogens is 288 g/mol. The number of nitrogens with zero attached hydrogens (tertiary/aromatic N) is 2. The largest absolute Gasteiger partial charge is 0.360 e. The molecule has 1 aliphatic rings. The molecule has 0 radical (unpaired) electrons. The van der Waals surface area contributed by atoms with E-state index in [1.165, 1.54) is 19.1 Å². The lowest BCUT2D eigenvalue weighted by Crippen LogP contribution is -2.49. The van der Waals surface area contributed by atoms with E-state index in [1.54, 1.807) is 12.1 Å². The Bertz CT molecular complexity index is 585. The number of imide groups is 1. The third-order valence-corrected chi connectivity index (χ3v) is 3.61. The van der Waals surface area contributed by atoms with Gasteiger partial charge in [-0.05, 0) is 31.9 Å². The van der Waals surface area contributed by atoms with Crippen molar-refractivity contribution in [2.24, 2.45) is 5.73 Å². The third kappa shape index (κ3) is 3.40. The summed E-state index contributed by atoms with van der Waals surface area (Å²) in [5.74, 6) is -0.904. The molecule has 0 saturated carbocycles. The number of amides is 2. The Morgan fingerprint density at radius 1 is 1.41 bits per heavy atom. The van der Waals surface area contributed by atoms with Crippen molar-refractivity contribution in [1.82, 2.24) is 5.32 Å². The second kappa shape index (κ2) is 6.52. The quantitative estimate of drug-likeness (QED) is 0.619. The van der Waals surface area contributed by atoms with Gasteiger partial charge in [-0.1, -0.05) is 0 Å². The number of hydrogen-bond donors (Lipinski definition) is 2. The highest BCUT2D eigenvalue weighted by Gasteiger charge is 2.32. The zero-order valence-electron chi connectivity index (χ0n) is 12.2. The highest BCUT2D eigenvalue weighted by molar-refractivity contribution is 6.01. The first-order valence-electron chi connectivity index (χ1n) is 7.01. The van der Waals surface area contributed by atoms with Gasteiger partial charge in [0, 0.05) is 24.4 Å². The van der Waals surface area contributed by atoms with Gasteiger partial charge in [0.1, 0.15) is 6.04 Å². The highest BCUT2D eigenvalue weighted by Crippen LogP contribution is 2.27. The van der Waals surface area contributed by atoms with Gasteiger partial charge < -0.3 is 10.6 Å². The first kappa shape index (κ1) is 15.9. The van der Waals surface area contributed by atoms with Crippen LogP contribution in [0.25, 0.3) is 0 Å². The molecular formula is C14H18N4O4. The lowest BCUT2D eigenvalue weighted by molar-refractivity contribution is -0.384. The molecule has 1 saturated heterocycles. The molecule has 1 heterocycles. The van der Waals surface area contributed by atoms with Gasteiger partial charge in [0.15, 0.2) is 0 Å². The molecule has 2 rings (SSSR count). The average molecular weight is 306 g/mol. The van der Waals surface area contributed by atoms with Crippen LogP contribution in [-0.2, 0) is 9.59 Å². The molecule has 118 valence electrons. The summed E-state index contributed by atoms with van der Waals surface area (Å²) in [6.07, 6.45) is 1.43. The number of carbonyl (C=O) groups is 2. The smallest absolute Gasteiger partial charge is 0.269 e. The number of carbonyl (C=O) groups excluding carboxylic acids is 2. The zero-order chi connectivity index (χ0) is 16.3. The van der Waals surface area contributed by atoms with Crippen LogP contribution in [-0.4, -0.2) is 35.4 Å². The summed E-state index contributed by atoms with van der Waals surface area (Å²) in [5, 5.41) is 13.0. The number of hydrogen-bond acceptors (Lipinski definition) is 6. The number of nitrogens with two attached hydrogens (primary N) is 1. The van der Waals surface area contributed by atoms with E-state index < -0.39 is 28.8 Å². The van der Waals surface area contributed by atoms with Crippen molar-refractivity contribution in [2.45, 2.75) is 31.8 Å². The molecule has 22 heavy (non-hydrogen) atoms. The third-order valence-electron chi connectivity index (χ3n) is 3.61.